The van der Waals surface area contributed by atoms with Gasteiger partial charge in [0.2, 0.25) is 5.95 Å². The van der Waals surface area contributed by atoms with Gasteiger partial charge in [-0.1, -0.05) is 24.4 Å². The zero-order valence-electron chi connectivity index (χ0n) is 11.1. The summed E-state index contributed by atoms with van der Waals surface area (Å²) in [6.07, 6.45) is 8.95. The Hall–Kier alpha value is -0.940. The Balaban J connectivity index is 1.72. The van der Waals surface area contributed by atoms with Crippen LogP contribution in [0.25, 0.3) is 5.65 Å². The maximum atomic E-state index is 5.90. The molecule has 2 heterocycles. The largest absolute Gasteiger partial charge is 0.353 e. The van der Waals surface area contributed by atoms with E-state index < -0.39 is 0 Å². The summed E-state index contributed by atoms with van der Waals surface area (Å²) in [7, 11) is 0. The SMILES string of the molecule is CSCCCCCCNc1nc2ccc(Cl)cn2n1. The van der Waals surface area contributed by atoms with Crippen LogP contribution in [0.4, 0.5) is 5.95 Å². The quantitative estimate of drug-likeness (QED) is 0.754. The number of fused-ring (bicyclic) bond motifs is 1. The zero-order valence-corrected chi connectivity index (χ0v) is 12.7. The van der Waals surface area contributed by atoms with Crippen molar-refractivity contribution in [3.05, 3.63) is 23.4 Å². The Kier molecular flexibility index (Phi) is 5.79. The monoisotopic (exact) mass is 298 g/mol. The molecule has 0 atom stereocenters. The fourth-order valence-corrected chi connectivity index (χ4v) is 2.51. The summed E-state index contributed by atoms with van der Waals surface area (Å²) >= 11 is 7.82. The molecule has 0 amide bonds. The number of hydrogen-bond acceptors (Lipinski definition) is 4. The van der Waals surface area contributed by atoms with Crippen molar-refractivity contribution in [2.75, 3.05) is 23.9 Å². The molecule has 0 radical (unpaired) electrons. The molecule has 0 aromatic carbocycles. The lowest BCUT2D eigenvalue weighted by Crippen LogP contribution is -2.03. The predicted molar refractivity (Wildman–Crippen MR) is 83.3 cm³/mol. The lowest BCUT2D eigenvalue weighted by molar-refractivity contribution is 0.687. The minimum Gasteiger partial charge on any atom is -0.353 e. The second kappa shape index (κ2) is 7.60. The average Bonchev–Trinajstić information content (AvgIpc) is 2.79. The Morgan fingerprint density at radius 3 is 2.95 bits per heavy atom. The van der Waals surface area contributed by atoms with Gasteiger partial charge in [0.1, 0.15) is 0 Å². The van der Waals surface area contributed by atoms with Gasteiger partial charge in [0.05, 0.1) is 5.02 Å². The number of nitrogens with zero attached hydrogens (tertiary/aromatic N) is 3. The molecule has 0 aliphatic rings. The highest BCUT2D eigenvalue weighted by molar-refractivity contribution is 7.98. The first-order valence-electron chi connectivity index (χ1n) is 6.54. The fourth-order valence-electron chi connectivity index (χ4n) is 1.86. The van der Waals surface area contributed by atoms with Gasteiger partial charge in [0.25, 0.3) is 0 Å². The molecule has 104 valence electrons. The van der Waals surface area contributed by atoms with Crippen LogP contribution in [0.2, 0.25) is 5.02 Å². The number of nitrogens with one attached hydrogen (secondary N) is 1. The second-order valence-corrected chi connectivity index (χ2v) is 5.84. The topological polar surface area (TPSA) is 42.2 Å². The third kappa shape index (κ3) is 4.58. The molecule has 4 nitrogen and oxygen atoms in total. The molecule has 6 heteroatoms. The van der Waals surface area contributed by atoms with E-state index in [0.717, 1.165) is 18.6 Å². The van der Waals surface area contributed by atoms with Gasteiger partial charge in [0, 0.05) is 12.7 Å². The first-order chi connectivity index (χ1) is 9.29. The number of anilines is 1. The van der Waals surface area contributed by atoms with E-state index in [0.29, 0.717) is 11.0 Å². The van der Waals surface area contributed by atoms with Crippen molar-refractivity contribution in [3.8, 4) is 0 Å². The van der Waals surface area contributed by atoms with Crippen molar-refractivity contribution in [3.63, 3.8) is 0 Å². The van der Waals surface area contributed by atoms with Crippen LogP contribution < -0.4 is 5.32 Å². The molecule has 2 rings (SSSR count). The van der Waals surface area contributed by atoms with Crippen LogP contribution in [-0.4, -0.2) is 33.2 Å². The van der Waals surface area contributed by atoms with Crippen LogP contribution in [0.1, 0.15) is 25.7 Å². The molecular weight excluding hydrogens is 280 g/mol. The molecule has 2 aromatic rings. The van der Waals surface area contributed by atoms with Crippen LogP contribution in [0.3, 0.4) is 0 Å². The molecule has 2 aromatic heterocycles. The van der Waals surface area contributed by atoms with E-state index >= 15 is 0 Å². The lowest BCUT2D eigenvalue weighted by Gasteiger charge is -2.01. The van der Waals surface area contributed by atoms with Crippen LogP contribution >= 0.6 is 23.4 Å². The third-order valence-corrected chi connectivity index (χ3v) is 3.77. The maximum absolute atomic E-state index is 5.90. The van der Waals surface area contributed by atoms with Gasteiger partial charge < -0.3 is 5.32 Å². The maximum Gasteiger partial charge on any atom is 0.243 e. The smallest absolute Gasteiger partial charge is 0.243 e. The molecule has 0 unspecified atom stereocenters. The van der Waals surface area contributed by atoms with E-state index in [4.69, 9.17) is 11.6 Å². The first-order valence-corrected chi connectivity index (χ1v) is 8.31. The first kappa shape index (κ1) is 14.5. The second-order valence-electron chi connectivity index (χ2n) is 4.42. The van der Waals surface area contributed by atoms with Gasteiger partial charge in [-0.25, -0.2) is 4.52 Å². The molecular formula is C13H19ClN4S. The molecule has 0 bridgehead atoms. The molecule has 1 N–H and O–H groups in total. The van der Waals surface area contributed by atoms with Crippen LogP contribution in [0.15, 0.2) is 18.3 Å². The molecule has 19 heavy (non-hydrogen) atoms. The summed E-state index contributed by atoms with van der Waals surface area (Å²) < 4.78 is 1.70. The van der Waals surface area contributed by atoms with Gasteiger partial charge in [0.15, 0.2) is 5.65 Å². The Bertz CT molecular complexity index is 514. The number of aromatic nitrogens is 3. The number of hydrogen-bond donors (Lipinski definition) is 1. The van der Waals surface area contributed by atoms with E-state index in [1.807, 2.05) is 23.9 Å². The number of unbranched alkanes of at least 4 members (excludes halogenated alkanes) is 3. The number of pyridine rings is 1. The van der Waals surface area contributed by atoms with Crippen LogP contribution in [0, 0.1) is 0 Å². The summed E-state index contributed by atoms with van der Waals surface area (Å²) in [6.45, 7) is 0.921. The summed E-state index contributed by atoms with van der Waals surface area (Å²) in [5.41, 5.74) is 0.812. The summed E-state index contributed by atoms with van der Waals surface area (Å²) in [5.74, 6) is 1.94. The molecule has 0 spiro atoms. The van der Waals surface area contributed by atoms with Crippen molar-refractivity contribution in [2.45, 2.75) is 25.7 Å². The summed E-state index contributed by atoms with van der Waals surface area (Å²) in [4.78, 5) is 4.38. The molecule has 0 aliphatic carbocycles. The predicted octanol–water partition coefficient (Wildman–Crippen LogP) is 3.72. The van der Waals surface area contributed by atoms with Gasteiger partial charge in [-0.05, 0) is 37.0 Å². The Morgan fingerprint density at radius 2 is 2.11 bits per heavy atom. The number of rotatable bonds is 8. The normalized spacial score (nSPS) is 11.1. The van der Waals surface area contributed by atoms with E-state index in [9.17, 15) is 0 Å². The Morgan fingerprint density at radius 1 is 1.26 bits per heavy atom. The highest BCUT2D eigenvalue weighted by Crippen LogP contribution is 2.11. The number of halogens is 1. The van der Waals surface area contributed by atoms with Crippen molar-refractivity contribution in [1.82, 2.24) is 14.6 Å². The van der Waals surface area contributed by atoms with Crippen molar-refractivity contribution in [2.24, 2.45) is 0 Å². The van der Waals surface area contributed by atoms with E-state index in [-0.39, 0.29) is 0 Å². The van der Waals surface area contributed by atoms with Crippen LogP contribution in [0.5, 0.6) is 0 Å². The Labute approximate surface area is 122 Å². The van der Waals surface area contributed by atoms with E-state index in [1.165, 1.54) is 25.0 Å². The molecule has 0 saturated heterocycles. The van der Waals surface area contributed by atoms with Gasteiger partial charge in [-0.2, -0.15) is 16.7 Å². The minimum absolute atomic E-state index is 0.665. The third-order valence-electron chi connectivity index (χ3n) is 2.85. The zero-order chi connectivity index (χ0) is 13.5. The lowest BCUT2D eigenvalue weighted by atomic mass is 10.2. The number of thioether (sulfide) groups is 1. The summed E-state index contributed by atoms with van der Waals surface area (Å²) in [5, 5.41) is 8.25. The standard InChI is InChI=1S/C13H19ClN4S/c1-19-9-5-3-2-4-8-15-13-16-12-7-6-11(14)10-18(12)17-13/h6-7,10H,2-5,8-9H2,1H3,(H,15,17). The molecule has 0 aliphatic heterocycles. The minimum atomic E-state index is 0.665. The van der Waals surface area contributed by atoms with Gasteiger partial charge in [-0.15, -0.1) is 5.10 Å². The molecule has 0 saturated carbocycles. The highest BCUT2D eigenvalue weighted by Gasteiger charge is 2.02. The van der Waals surface area contributed by atoms with Crippen molar-refractivity contribution in [1.29, 1.82) is 0 Å². The van der Waals surface area contributed by atoms with E-state index in [1.54, 1.807) is 10.7 Å². The van der Waals surface area contributed by atoms with Gasteiger partial charge in [-0.3, -0.25) is 0 Å². The van der Waals surface area contributed by atoms with Crippen molar-refractivity contribution < 1.29 is 0 Å². The fraction of sp³-hybridized carbons (Fsp3) is 0.538. The highest BCUT2D eigenvalue weighted by atomic mass is 35.5. The van der Waals surface area contributed by atoms with E-state index in [2.05, 4.69) is 21.7 Å². The average molecular weight is 299 g/mol. The van der Waals surface area contributed by atoms with Crippen LogP contribution in [-0.2, 0) is 0 Å². The van der Waals surface area contributed by atoms with Crippen molar-refractivity contribution >= 4 is 35.0 Å². The summed E-state index contributed by atoms with van der Waals surface area (Å²) in [6, 6.07) is 3.68. The van der Waals surface area contributed by atoms with Gasteiger partial charge >= 0.3 is 0 Å². The molecule has 0 fully saturated rings.